The maximum absolute atomic E-state index is 12.4. The molecule has 3 unspecified atom stereocenters. The third-order valence-electron chi connectivity index (χ3n) is 3.42. The summed E-state index contributed by atoms with van der Waals surface area (Å²) in [6, 6.07) is 0. The first kappa shape index (κ1) is 13.3. The predicted molar refractivity (Wildman–Crippen MR) is 64.3 cm³/mol. The molecule has 2 fully saturated rings. The zero-order chi connectivity index (χ0) is 12.5. The molecule has 0 aliphatic carbocycles. The Labute approximate surface area is 103 Å². The van der Waals surface area contributed by atoms with Crippen molar-refractivity contribution in [2.75, 3.05) is 26.3 Å². The average Bonchev–Trinajstić information content (AvgIpc) is 2.29. The molecule has 17 heavy (non-hydrogen) atoms. The van der Waals surface area contributed by atoms with Gasteiger partial charge in [0.15, 0.2) is 0 Å². The van der Waals surface area contributed by atoms with Crippen LogP contribution in [-0.2, 0) is 19.5 Å². The summed E-state index contributed by atoms with van der Waals surface area (Å²) in [5.74, 6) is 0. The van der Waals surface area contributed by atoms with Gasteiger partial charge in [0, 0.05) is 19.7 Å². The molecule has 2 saturated heterocycles. The van der Waals surface area contributed by atoms with E-state index < -0.39 is 10.0 Å². The average molecular weight is 263 g/mol. The highest BCUT2D eigenvalue weighted by Gasteiger charge is 2.37. The van der Waals surface area contributed by atoms with E-state index in [1.165, 1.54) is 0 Å². The fraction of sp³-hybridized carbons (Fsp3) is 1.00. The van der Waals surface area contributed by atoms with Gasteiger partial charge in [0.2, 0.25) is 10.0 Å². The second kappa shape index (κ2) is 5.22. The third kappa shape index (κ3) is 2.99. The number of rotatable bonds is 2. The molecule has 2 heterocycles. The third-order valence-corrected chi connectivity index (χ3v) is 5.74. The van der Waals surface area contributed by atoms with Gasteiger partial charge in [0.1, 0.15) is 0 Å². The smallest absolute Gasteiger partial charge is 0.217 e. The van der Waals surface area contributed by atoms with E-state index >= 15 is 0 Å². The molecule has 0 N–H and O–H groups in total. The molecule has 3 atom stereocenters. The Morgan fingerprint density at radius 1 is 1.12 bits per heavy atom. The van der Waals surface area contributed by atoms with Crippen LogP contribution in [0.3, 0.4) is 0 Å². The van der Waals surface area contributed by atoms with Crippen LogP contribution in [0, 0.1) is 0 Å². The van der Waals surface area contributed by atoms with Crippen molar-refractivity contribution in [3.05, 3.63) is 0 Å². The SMILES string of the molecule is CC1CC(S(=O)(=O)N2CCOC(C)C2)CCO1. The minimum atomic E-state index is -3.18. The van der Waals surface area contributed by atoms with Gasteiger partial charge in [-0.15, -0.1) is 0 Å². The molecular weight excluding hydrogens is 242 g/mol. The number of ether oxygens (including phenoxy) is 2. The van der Waals surface area contributed by atoms with Crippen molar-refractivity contribution >= 4 is 10.0 Å². The lowest BCUT2D eigenvalue weighted by Crippen LogP contribution is -2.49. The molecule has 2 rings (SSSR count). The monoisotopic (exact) mass is 263 g/mol. The van der Waals surface area contributed by atoms with Gasteiger partial charge >= 0.3 is 0 Å². The van der Waals surface area contributed by atoms with E-state index in [2.05, 4.69) is 0 Å². The van der Waals surface area contributed by atoms with Gasteiger partial charge in [-0.05, 0) is 26.7 Å². The summed E-state index contributed by atoms with van der Waals surface area (Å²) in [7, 11) is -3.18. The lowest BCUT2D eigenvalue weighted by atomic mass is 10.1. The summed E-state index contributed by atoms with van der Waals surface area (Å²) in [4.78, 5) is 0. The molecule has 2 aliphatic heterocycles. The van der Waals surface area contributed by atoms with Gasteiger partial charge in [0.05, 0.1) is 24.1 Å². The van der Waals surface area contributed by atoms with Crippen molar-refractivity contribution < 1.29 is 17.9 Å². The summed E-state index contributed by atoms with van der Waals surface area (Å²) in [5.41, 5.74) is 0. The molecule has 0 bridgehead atoms. The predicted octanol–water partition coefficient (Wildman–Crippen LogP) is 0.604. The number of morpholine rings is 1. The van der Waals surface area contributed by atoms with Crippen LogP contribution in [0.2, 0.25) is 0 Å². The van der Waals surface area contributed by atoms with Crippen molar-refractivity contribution in [1.82, 2.24) is 4.31 Å². The molecule has 0 amide bonds. The molecule has 100 valence electrons. The fourth-order valence-electron chi connectivity index (χ4n) is 2.46. The molecule has 0 aromatic heterocycles. The van der Waals surface area contributed by atoms with Crippen LogP contribution in [-0.4, -0.2) is 56.5 Å². The van der Waals surface area contributed by atoms with Crippen molar-refractivity contribution in [2.24, 2.45) is 0 Å². The second-order valence-electron chi connectivity index (χ2n) is 4.91. The maximum atomic E-state index is 12.4. The number of hydrogen-bond acceptors (Lipinski definition) is 4. The topological polar surface area (TPSA) is 55.8 Å². The largest absolute Gasteiger partial charge is 0.378 e. The second-order valence-corrected chi connectivity index (χ2v) is 7.13. The van der Waals surface area contributed by atoms with Crippen LogP contribution < -0.4 is 0 Å². The highest BCUT2D eigenvalue weighted by Crippen LogP contribution is 2.24. The Hall–Kier alpha value is -0.170. The zero-order valence-electron chi connectivity index (χ0n) is 10.5. The molecule has 0 aromatic carbocycles. The van der Waals surface area contributed by atoms with E-state index in [0.717, 1.165) is 0 Å². The summed E-state index contributed by atoms with van der Waals surface area (Å²) in [6.07, 6.45) is 1.25. The Balaban J connectivity index is 2.06. The molecule has 0 spiro atoms. The molecule has 0 saturated carbocycles. The Morgan fingerprint density at radius 3 is 2.47 bits per heavy atom. The van der Waals surface area contributed by atoms with Gasteiger partial charge in [-0.25, -0.2) is 8.42 Å². The van der Waals surface area contributed by atoms with Crippen molar-refractivity contribution in [3.8, 4) is 0 Å². The van der Waals surface area contributed by atoms with E-state index in [0.29, 0.717) is 39.1 Å². The lowest BCUT2D eigenvalue weighted by Gasteiger charge is -2.35. The van der Waals surface area contributed by atoms with Gasteiger partial charge in [-0.3, -0.25) is 0 Å². The molecule has 0 aromatic rings. The Kier molecular flexibility index (Phi) is 4.07. The molecule has 6 heteroatoms. The van der Waals surface area contributed by atoms with E-state index in [9.17, 15) is 8.42 Å². The van der Waals surface area contributed by atoms with Crippen LogP contribution in [0.5, 0.6) is 0 Å². The fourth-order valence-corrected chi connectivity index (χ4v) is 4.53. The molecule has 2 aliphatic rings. The minimum Gasteiger partial charge on any atom is -0.378 e. The zero-order valence-corrected chi connectivity index (χ0v) is 11.3. The number of sulfonamides is 1. The first-order valence-electron chi connectivity index (χ1n) is 6.22. The van der Waals surface area contributed by atoms with E-state index in [1.54, 1.807) is 4.31 Å². The van der Waals surface area contributed by atoms with Crippen LogP contribution in [0.1, 0.15) is 26.7 Å². The molecule has 0 radical (unpaired) electrons. The number of nitrogens with zero attached hydrogens (tertiary/aromatic N) is 1. The molecular formula is C11H21NO4S. The van der Waals surface area contributed by atoms with Gasteiger partial charge in [0.25, 0.3) is 0 Å². The van der Waals surface area contributed by atoms with Crippen molar-refractivity contribution in [3.63, 3.8) is 0 Å². The van der Waals surface area contributed by atoms with E-state index in [1.807, 2.05) is 13.8 Å². The number of hydrogen-bond donors (Lipinski definition) is 0. The van der Waals surface area contributed by atoms with E-state index in [-0.39, 0.29) is 17.5 Å². The molecule has 5 nitrogen and oxygen atoms in total. The first-order valence-corrected chi connectivity index (χ1v) is 7.72. The maximum Gasteiger partial charge on any atom is 0.217 e. The van der Waals surface area contributed by atoms with Crippen LogP contribution in [0.25, 0.3) is 0 Å². The Morgan fingerprint density at radius 2 is 1.82 bits per heavy atom. The standard InChI is InChI=1S/C11H21NO4S/c1-9-7-11(3-5-15-9)17(13,14)12-4-6-16-10(2)8-12/h9-11H,3-8H2,1-2H3. The summed E-state index contributed by atoms with van der Waals surface area (Å²) in [6.45, 7) is 5.86. The van der Waals surface area contributed by atoms with Crippen LogP contribution in [0.4, 0.5) is 0 Å². The van der Waals surface area contributed by atoms with Crippen LogP contribution >= 0.6 is 0 Å². The summed E-state index contributed by atoms with van der Waals surface area (Å²) >= 11 is 0. The van der Waals surface area contributed by atoms with Crippen LogP contribution in [0.15, 0.2) is 0 Å². The summed E-state index contributed by atoms with van der Waals surface area (Å²) in [5, 5.41) is -0.281. The first-order chi connectivity index (χ1) is 8.00. The van der Waals surface area contributed by atoms with Crippen molar-refractivity contribution in [1.29, 1.82) is 0 Å². The lowest BCUT2D eigenvalue weighted by molar-refractivity contribution is 0.00684. The van der Waals surface area contributed by atoms with Gasteiger partial charge < -0.3 is 9.47 Å². The van der Waals surface area contributed by atoms with Gasteiger partial charge in [-0.1, -0.05) is 0 Å². The van der Waals surface area contributed by atoms with E-state index in [4.69, 9.17) is 9.47 Å². The normalized spacial score (nSPS) is 36.9. The van der Waals surface area contributed by atoms with Crippen molar-refractivity contribution in [2.45, 2.75) is 44.1 Å². The highest BCUT2D eigenvalue weighted by atomic mass is 32.2. The Bertz CT molecular complexity index is 328. The minimum absolute atomic E-state index is 0.00390. The quantitative estimate of drug-likeness (QED) is 0.732. The summed E-state index contributed by atoms with van der Waals surface area (Å²) < 4.78 is 37.3. The van der Waals surface area contributed by atoms with Gasteiger partial charge in [-0.2, -0.15) is 4.31 Å². The highest BCUT2D eigenvalue weighted by molar-refractivity contribution is 7.89.